The van der Waals surface area contributed by atoms with Gasteiger partial charge in [0.2, 0.25) is 0 Å². The van der Waals surface area contributed by atoms with E-state index < -0.39 is 11.9 Å². The second-order valence-electron chi connectivity index (χ2n) is 5.05. The van der Waals surface area contributed by atoms with Crippen LogP contribution in [0.25, 0.3) is 0 Å². The average molecular weight is 304 g/mol. The normalized spacial score (nSPS) is 9.81. The largest absolute Gasteiger partial charge is 0.481 e. The van der Waals surface area contributed by atoms with Gasteiger partial charge in [0.1, 0.15) is 0 Å². The standard InChI is InChI=1S/C8H17NO2.C7H15NO2/c9-7-5-3-1-2-4-6-8(10)11;8-6-4-2-1-3-5-7(9)10/h1-7,9H2,(H,10,11);1-6,8H2,(H,9,10). The Morgan fingerprint density at radius 1 is 0.571 bits per heavy atom. The molecule has 0 aliphatic rings. The molecule has 0 saturated heterocycles. The summed E-state index contributed by atoms with van der Waals surface area (Å²) in [4.78, 5) is 20.1. The molecular weight excluding hydrogens is 272 g/mol. The van der Waals surface area contributed by atoms with Crippen molar-refractivity contribution < 1.29 is 19.8 Å². The molecular formula is C15H32N2O4. The Kier molecular flexibility index (Phi) is 19.9. The zero-order chi connectivity index (χ0) is 16.3. The maximum absolute atomic E-state index is 10.1. The van der Waals surface area contributed by atoms with Crippen molar-refractivity contribution in [2.24, 2.45) is 11.5 Å². The molecule has 0 fully saturated rings. The minimum absolute atomic E-state index is 0.296. The number of carbonyl (C=O) groups is 2. The van der Waals surface area contributed by atoms with Crippen LogP contribution in [0, 0.1) is 0 Å². The summed E-state index contributed by atoms with van der Waals surface area (Å²) in [5, 5.41) is 16.5. The first-order valence-corrected chi connectivity index (χ1v) is 7.88. The van der Waals surface area contributed by atoms with E-state index >= 15 is 0 Å². The van der Waals surface area contributed by atoms with Gasteiger partial charge < -0.3 is 21.7 Å². The fourth-order valence-corrected chi connectivity index (χ4v) is 1.73. The van der Waals surface area contributed by atoms with Gasteiger partial charge in [0, 0.05) is 12.8 Å². The van der Waals surface area contributed by atoms with Crippen LogP contribution in [0.4, 0.5) is 0 Å². The topological polar surface area (TPSA) is 127 Å². The molecule has 0 radical (unpaired) electrons. The second kappa shape index (κ2) is 18.9. The Morgan fingerprint density at radius 2 is 0.857 bits per heavy atom. The Hall–Kier alpha value is -1.14. The van der Waals surface area contributed by atoms with Crippen LogP contribution in [0.5, 0.6) is 0 Å². The molecule has 0 unspecified atom stereocenters. The van der Waals surface area contributed by atoms with Gasteiger partial charge in [-0.1, -0.05) is 32.1 Å². The summed E-state index contributed by atoms with van der Waals surface area (Å²) in [6.07, 6.45) is 9.59. The summed E-state index contributed by atoms with van der Waals surface area (Å²) >= 11 is 0. The highest BCUT2D eigenvalue weighted by atomic mass is 16.4. The van der Waals surface area contributed by atoms with Gasteiger partial charge in [-0.3, -0.25) is 9.59 Å². The predicted octanol–water partition coefficient (Wildman–Crippen LogP) is 2.35. The fourth-order valence-electron chi connectivity index (χ4n) is 1.73. The fraction of sp³-hybridized carbons (Fsp3) is 0.867. The molecule has 0 aromatic heterocycles. The van der Waals surface area contributed by atoms with Crippen molar-refractivity contribution in [2.75, 3.05) is 13.1 Å². The molecule has 0 saturated carbocycles. The van der Waals surface area contributed by atoms with Crippen molar-refractivity contribution in [3.63, 3.8) is 0 Å². The minimum atomic E-state index is -0.701. The van der Waals surface area contributed by atoms with E-state index in [1.165, 1.54) is 0 Å². The second-order valence-corrected chi connectivity index (χ2v) is 5.05. The van der Waals surface area contributed by atoms with E-state index in [4.69, 9.17) is 21.7 Å². The molecule has 0 aliphatic heterocycles. The number of carboxylic acids is 2. The monoisotopic (exact) mass is 304 g/mol. The van der Waals surface area contributed by atoms with Gasteiger partial charge in [-0.05, 0) is 38.8 Å². The first-order chi connectivity index (χ1) is 10.0. The predicted molar refractivity (Wildman–Crippen MR) is 84.2 cm³/mol. The Morgan fingerprint density at radius 3 is 1.14 bits per heavy atom. The molecule has 0 bridgehead atoms. The SMILES string of the molecule is NCCCCCCC(=O)O.NCCCCCCCC(=O)O. The van der Waals surface area contributed by atoms with Crippen LogP contribution < -0.4 is 11.5 Å². The Balaban J connectivity index is 0. The van der Waals surface area contributed by atoms with E-state index in [2.05, 4.69) is 0 Å². The van der Waals surface area contributed by atoms with Gasteiger partial charge in [0.15, 0.2) is 0 Å². The molecule has 0 aliphatic carbocycles. The Bertz CT molecular complexity index is 248. The lowest BCUT2D eigenvalue weighted by molar-refractivity contribution is -0.138. The Labute approximate surface area is 127 Å². The molecule has 0 aromatic carbocycles. The summed E-state index contributed by atoms with van der Waals surface area (Å²) in [5.41, 5.74) is 10.6. The van der Waals surface area contributed by atoms with E-state index in [0.717, 1.165) is 64.3 Å². The molecule has 0 spiro atoms. The molecule has 0 heterocycles. The molecule has 0 aromatic rings. The number of nitrogens with two attached hydrogens (primary N) is 2. The quantitative estimate of drug-likeness (QED) is 0.387. The average Bonchev–Trinajstić information content (AvgIpc) is 2.42. The summed E-state index contributed by atoms with van der Waals surface area (Å²) in [7, 11) is 0. The lowest BCUT2D eigenvalue weighted by atomic mass is 10.1. The lowest BCUT2D eigenvalue weighted by Gasteiger charge is -1.97. The van der Waals surface area contributed by atoms with Gasteiger partial charge >= 0.3 is 11.9 Å². The maximum Gasteiger partial charge on any atom is 0.303 e. The van der Waals surface area contributed by atoms with Crippen molar-refractivity contribution >= 4 is 11.9 Å². The molecule has 21 heavy (non-hydrogen) atoms. The van der Waals surface area contributed by atoms with Crippen molar-refractivity contribution in [2.45, 2.75) is 70.6 Å². The highest BCUT2D eigenvalue weighted by Gasteiger charge is 1.95. The highest BCUT2D eigenvalue weighted by molar-refractivity contribution is 5.66. The van der Waals surface area contributed by atoms with Crippen molar-refractivity contribution in [1.29, 1.82) is 0 Å². The van der Waals surface area contributed by atoms with Crippen LogP contribution in [0.3, 0.4) is 0 Å². The van der Waals surface area contributed by atoms with E-state index in [-0.39, 0.29) is 0 Å². The summed E-state index contributed by atoms with van der Waals surface area (Å²) in [6.45, 7) is 1.46. The third-order valence-electron chi connectivity index (χ3n) is 2.94. The van der Waals surface area contributed by atoms with E-state index in [1.807, 2.05) is 0 Å². The highest BCUT2D eigenvalue weighted by Crippen LogP contribution is 2.04. The number of rotatable bonds is 13. The molecule has 6 N–H and O–H groups in total. The van der Waals surface area contributed by atoms with Crippen LogP contribution in [0.15, 0.2) is 0 Å². The number of hydrogen-bond acceptors (Lipinski definition) is 4. The summed E-state index contributed by atoms with van der Waals surface area (Å²) in [6, 6.07) is 0. The van der Waals surface area contributed by atoms with Gasteiger partial charge in [-0.15, -0.1) is 0 Å². The maximum atomic E-state index is 10.1. The van der Waals surface area contributed by atoms with E-state index in [0.29, 0.717) is 19.4 Å². The van der Waals surface area contributed by atoms with Crippen LogP contribution >= 0.6 is 0 Å². The van der Waals surface area contributed by atoms with Crippen LogP contribution in [0.1, 0.15) is 70.6 Å². The minimum Gasteiger partial charge on any atom is -0.481 e. The smallest absolute Gasteiger partial charge is 0.303 e. The third-order valence-corrected chi connectivity index (χ3v) is 2.94. The number of unbranched alkanes of at least 4 members (excludes halogenated alkanes) is 7. The van der Waals surface area contributed by atoms with E-state index in [9.17, 15) is 9.59 Å². The molecule has 0 rings (SSSR count). The molecule has 0 amide bonds. The number of aliphatic carboxylic acids is 2. The number of hydrogen-bond donors (Lipinski definition) is 4. The van der Waals surface area contributed by atoms with Crippen molar-refractivity contribution in [3.8, 4) is 0 Å². The first-order valence-electron chi connectivity index (χ1n) is 7.88. The summed E-state index contributed by atoms with van der Waals surface area (Å²) in [5.74, 6) is -1.39. The first kappa shape index (κ1) is 22.1. The molecule has 6 nitrogen and oxygen atoms in total. The summed E-state index contributed by atoms with van der Waals surface area (Å²) < 4.78 is 0. The van der Waals surface area contributed by atoms with Gasteiger partial charge in [-0.2, -0.15) is 0 Å². The lowest BCUT2D eigenvalue weighted by Crippen LogP contribution is -1.98. The van der Waals surface area contributed by atoms with Gasteiger partial charge in [0.05, 0.1) is 0 Å². The van der Waals surface area contributed by atoms with Crippen molar-refractivity contribution in [1.82, 2.24) is 0 Å². The van der Waals surface area contributed by atoms with Crippen LogP contribution in [0.2, 0.25) is 0 Å². The third kappa shape index (κ3) is 27.9. The zero-order valence-corrected chi connectivity index (χ0v) is 13.1. The number of carboxylic acid groups (broad SMARTS) is 2. The van der Waals surface area contributed by atoms with Gasteiger partial charge in [-0.25, -0.2) is 0 Å². The molecule has 0 atom stereocenters. The van der Waals surface area contributed by atoms with Crippen LogP contribution in [-0.4, -0.2) is 35.2 Å². The van der Waals surface area contributed by atoms with Crippen molar-refractivity contribution in [3.05, 3.63) is 0 Å². The zero-order valence-electron chi connectivity index (χ0n) is 13.1. The van der Waals surface area contributed by atoms with E-state index in [1.54, 1.807) is 0 Å². The van der Waals surface area contributed by atoms with Gasteiger partial charge in [0.25, 0.3) is 0 Å². The molecule has 126 valence electrons. The van der Waals surface area contributed by atoms with Crippen LogP contribution in [-0.2, 0) is 9.59 Å². The molecule has 6 heteroatoms.